The number of imidazole rings is 1. The van der Waals surface area contributed by atoms with Crippen LogP contribution in [0.15, 0.2) is 40.1 Å². The number of aliphatic hydroxyl groups excluding tert-OH is 1. The Morgan fingerprint density at radius 3 is 2.83 bits per heavy atom. The molecule has 1 aliphatic heterocycles. The standard InChI is InChI=1S/C19H21FN6O4/c1-24(9-16-21-12-4-2-3-5-13(12)22-16)10-17(28)25-7-14(15(27)8-25)26-6-11(20)18(29)23-19(26)30/h2-6,14-15,27H,7-10H2,1H3,(H,21,22)(H,23,29,30)/t14-,15-/m1/s1. The highest BCUT2D eigenvalue weighted by molar-refractivity contribution is 5.78. The summed E-state index contributed by atoms with van der Waals surface area (Å²) in [5.41, 5.74) is -0.196. The van der Waals surface area contributed by atoms with Gasteiger partial charge in [-0.15, -0.1) is 0 Å². The number of nitrogens with zero attached hydrogens (tertiary/aromatic N) is 4. The van der Waals surface area contributed by atoms with E-state index in [0.717, 1.165) is 27.6 Å². The quantitative estimate of drug-likeness (QED) is 0.511. The number of amides is 1. The van der Waals surface area contributed by atoms with E-state index in [-0.39, 0.29) is 25.5 Å². The zero-order valence-electron chi connectivity index (χ0n) is 16.2. The van der Waals surface area contributed by atoms with E-state index in [0.29, 0.717) is 6.54 Å². The van der Waals surface area contributed by atoms with E-state index in [1.165, 1.54) is 4.90 Å². The number of hydrogen-bond acceptors (Lipinski definition) is 6. The summed E-state index contributed by atoms with van der Waals surface area (Å²) >= 11 is 0. The van der Waals surface area contributed by atoms with Crippen molar-refractivity contribution < 1.29 is 14.3 Å². The summed E-state index contributed by atoms with van der Waals surface area (Å²) in [5.74, 6) is -0.647. The number of rotatable bonds is 5. The van der Waals surface area contributed by atoms with Gasteiger partial charge in [-0.3, -0.25) is 24.0 Å². The maximum Gasteiger partial charge on any atom is 0.328 e. The number of aromatic nitrogens is 4. The molecular weight excluding hydrogens is 395 g/mol. The van der Waals surface area contributed by atoms with Crippen LogP contribution in [-0.2, 0) is 11.3 Å². The molecule has 2 atom stereocenters. The van der Waals surface area contributed by atoms with Crippen LogP contribution >= 0.6 is 0 Å². The average molecular weight is 416 g/mol. The first-order chi connectivity index (χ1) is 14.3. The third-order valence-electron chi connectivity index (χ3n) is 5.16. The molecule has 3 N–H and O–H groups in total. The average Bonchev–Trinajstić information content (AvgIpc) is 3.27. The second-order valence-corrected chi connectivity index (χ2v) is 7.45. The number of aromatic amines is 2. The lowest BCUT2D eigenvalue weighted by Crippen LogP contribution is -2.39. The van der Waals surface area contributed by atoms with Gasteiger partial charge in [-0.2, -0.15) is 4.39 Å². The molecule has 11 heteroatoms. The smallest absolute Gasteiger partial charge is 0.328 e. The normalized spacial score (nSPS) is 19.1. The SMILES string of the molecule is CN(CC(=O)N1C[C@@H](O)[C@H](n2cc(F)c(=O)[nH]c2=O)C1)Cc1nc2ccccc2[nH]1. The lowest BCUT2D eigenvalue weighted by atomic mass is 10.2. The predicted octanol–water partition coefficient (Wildman–Crippen LogP) is -0.572. The number of carbonyl (C=O) groups excluding carboxylic acids is 1. The van der Waals surface area contributed by atoms with Gasteiger partial charge in [0, 0.05) is 13.1 Å². The molecule has 2 aromatic heterocycles. The third kappa shape index (κ3) is 3.89. The highest BCUT2D eigenvalue weighted by atomic mass is 19.1. The fraction of sp³-hybridized carbons (Fsp3) is 0.368. The first-order valence-corrected chi connectivity index (χ1v) is 9.41. The Bertz CT molecular complexity index is 1170. The number of nitrogens with one attached hydrogen (secondary N) is 2. The predicted molar refractivity (Wildman–Crippen MR) is 105 cm³/mol. The van der Waals surface area contributed by atoms with Gasteiger partial charge in [-0.25, -0.2) is 9.78 Å². The van der Waals surface area contributed by atoms with Gasteiger partial charge < -0.3 is 15.0 Å². The van der Waals surface area contributed by atoms with Crippen LogP contribution in [0.5, 0.6) is 0 Å². The number of hydrogen-bond donors (Lipinski definition) is 3. The van der Waals surface area contributed by atoms with Crippen LogP contribution in [0, 0.1) is 5.82 Å². The van der Waals surface area contributed by atoms with Crippen molar-refractivity contribution >= 4 is 16.9 Å². The van der Waals surface area contributed by atoms with Gasteiger partial charge >= 0.3 is 5.69 Å². The summed E-state index contributed by atoms with van der Waals surface area (Å²) in [6.45, 7) is 0.537. The molecule has 0 bridgehead atoms. The fourth-order valence-corrected chi connectivity index (χ4v) is 3.68. The molecular formula is C19H21FN6O4. The van der Waals surface area contributed by atoms with E-state index in [2.05, 4.69) is 9.97 Å². The maximum atomic E-state index is 13.6. The molecule has 30 heavy (non-hydrogen) atoms. The van der Waals surface area contributed by atoms with Gasteiger partial charge in [0.2, 0.25) is 11.7 Å². The summed E-state index contributed by atoms with van der Waals surface area (Å²) in [4.78, 5) is 48.6. The monoisotopic (exact) mass is 416 g/mol. The van der Waals surface area contributed by atoms with Crippen molar-refractivity contribution in [1.29, 1.82) is 0 Å². The van der Waals surface area contributed by atoms with E-state index in [1.807, 2.05) is 29.2 Å². The first-order valence-electron chi connectivity index (χ1n) is 9.41. The molecule has 3 heterocycles. The van der Waals surface area contributed by atoms with Crippen molar-refractivity contribution in [3.05, 3.63) is 62.9 Å². The number of H-pyrrole nitrogens is 2. The number of fused-ring (bicyclic) bond motifs is 1. The molecule has 0 spiro atoms. The second kappa shape index (κ2) is 7.84. The largest absolute Gasteiger partial charge is 0.389 e. The highest BCUT2D eigenvalue weighted by Gasteiger charge is 2.36. The lowest BCUT2D eigenvalue weighted by Gasteiger charge is -2.21. The van der Waals surface area contributed by atoms with Crippen molar-refractivity contribution in [3.8, 4) is 0 Å². The third-order valence-corrected chi connectivity index (χ3v) is 5.16. The van der Waals surface area contributed by atoms with Crippen LogP contribution in [0.25, 0.3) is 11.0 Å². The second-order valence-electron chi connectivity index (χ2n) is 7.45. The molecule has 1 aliphatic rings. The summed E-state index contributed by atoms with van der Waals surface area (Å²) in [6.07, 6.45) is -0.297. The number of carbonyl (C=O) groups is 1. The van der Waals surface area contributed by atoms with Crippen LogP contribution in [0.4, 0.5) is 4.39 Å². The molecule has 0 unspecified atom stereocenters. The molecule has 1 amide bonds. The summed E-state index contributed by atoms with van der Waals surface area (Å²) < 4.78 is 14.5. The molecule has 1 saturated heterocycles. The number of halogens is 1. The Morgan fingerprint density at radius 2 is 2.07 bits per heavy atom. The molecule has 10 nitrogen and oxygen atoms in total. The van der Waals surface area contributed by atoms with Crippen LogP contribution in [0.3, 0.4) is 0 Å². The Morgan fingerprint density at radius 1 is 1.30 bits per heavy atom. The topological polar surface area (TPSA) is 127 Å². The van der Waals surface area contributed by atoms with E-state index < -0.39 is 29.2 Å². The number of benzene rings is 1. The molecule has 0 saturated carbocycles. The van der Waals surface area contributed by atoms with E-state index in [9.17, 15) is 23.9 Å². The number of likely N-dealkylation sites (tertiary alicyclic amines) is 1. The zero-order valence-corrected chi connectivity index (χ0v) is 16.2. The minimum atomic E-state index is -1.13. The van der Waals surface area contributed by atoms with Gasteiger partial charge in [-0.05, 0) is 19.2 Å². The van der Waals surface area contributed by atoms with Crippen molar-refractivity contribution in [2.45, 2.75) is 18.7 Å². The highest BCUT2D eigenvalue weighted by Crippen LogP contribution is 2.21. The molecule has 158 valence electrons. The van der Waals surface area contributed by atoms with E-state index >= 15 is 0 Å². The van der Waals surface area contributed by atoms with E-state index in [1.54, 1.807) is 11.9 Å². The summed E-state index contributed by atoms with van der Waals surface area (Å²) in [5, 5.41) is 10.3. The van der Waals surface area contributed by atoms with Crippen molar-refractivity contribution in [1.82, 2.24) is 29.3 Å². The van der Waals surface area contributed by atoms with Crippen LogP contribution < -0.4 is 11.2 Å². The van der Waals surface area contributed by atoms with E-state index in [4.69, 9.17) is 0 Å². The van der Waals surface area contributed by atoms with Crippen molar-refractivity contribution in [3.63, 3.8) is 0 Å². The molecule has 1 fully saturated rings. The number of aliphatic hydroxyl groups is 1. The molecule has 0 aliphatic carbocycles. The summed E-state index contributed by atoms with van der Waals surface area (Å²) in [7, 11) is 1.77. The lowest BCUT2D eigenvalue weighted by molar-refractivity contribution is -0.131. The molecule has 3 aromatic rings. The zero-order chi connectivity index (χ0) is 21.4. The van der Waals surface area contributed by atoms with Gasteiger partial charge in [0.05, 0.1) is 42.5 Å². The Labute approximate surface area is 169 Å². The van der Waals surface area contributed by atoms with Crippen LogP contribution in [0.1, 0.15) is 11.9 Å². The number of para-hydroxylation sites is 2. The molecule has 1 aromatic carbocycles. The van der Waals surface area contributed by atoms with Crippen LogP contribution in [0.2, 0.25) is 0 Å². The Kier molecular flexibility index (Phi) is 5.22. The van der Waals surface area contributed by atoms with Gasteiger partial charge in [0.1, 0.15) is 5.82 Å². The fourth-order valence-electron chi connectivity index (χ4n) is 3.68. The van der Waals surface area contributed by atoms with Crippen molar-refractivity contribution in [2.24, 2.45) is 0 Å². The molecule has 4 rings (SSSR count). The van der Waals surface area contributed by atoms with Gasteiger partial charge in [0.15, 0.2) is 0 Å². The summed E-state index contributed by atoms with van der Waals surface area (Å²) in [6, 6.07) is 6.78. The number of β-amino-alcohol motifs (C(OH)–C–C–N with tert-alkyl or cyclic N) is 1. The molecule has 0 radical (unpaired) electrons. The van der Waals surface area contributed by atoms with Crippen LogP contribution in [-0.4, -0.2) is 73.1 Å². The van der Waals surface area contributed by atoms with Crippen molar-refractivity contribution in [2.75, 3.05) is 26.7 Å². The number of likely N-dealkylation sites (N-methyl/N-ethyl adjacent to an activating group) is 1. The maximum absolute atomic E-state index is 13.6. The van der Waals surface area contributed by atoms with Gasteiger partial charge in [-0.1, -0.05) is 12.1 Å². The first kappa shape index (κ1) is 20.0. The minimum absolute atomic E-state index is 0.00909. The Balaban J connectivity index is 1.41. The minimum Gasteiger partial charge on any atom is -0.389 e. The Hall–Kier alpha value is -3.31. The van der Waals surface area contributed by atoms with Gasteiger partial charge in [0.25, 0.3) is 5.56 Å².